The Morgan fingerprint density at radius 2 is 1.76 bits per heavy atom. The van der Waals surface area contributed by atoms with E-state index in [9.17, 15) is 19.1 Å². The Morgan fingerprint density at radius 1 is 1.03 bits per heavy atom. The number of rotatable bonds is 9. The number of anilines is 1. The number of pyridine rings is 1. The van der Waals surface area contributed by atoms with Crippen molar-refractivity contribution in [3.63, 3.8) is 0 Å². The number of benzene rings is 2. The maximum atomic E-state index is 13.6. The molecule has 1 saturated carbocycles. The summed E-state index contributed by atoms with van der Waals surface area (Å²) in [7, 11) is 0. The Morgan fingerprint density at radius 3 is 2.47 bits per heavy atom. The van der Waals surface area contributed by atoms with E-state index in [1.807, 2.05) is 34.7 Å². The highest BCUT2D eigenvalue weighted by Gasteiger charge is 2.28. The first-order valence-electron chi connectivity index (χ1n) is 13.1. The minimum absolute atomic E-state index is 0.0930. The molecule has 1 unspecified atom stereocenters. The van der Waals surface area contributed by atoms with Gasteiger partial charge < -0.3 is 15.7 Å². The van der Waals surface area contributed by atoms with Gasteiger partial charge in [0.25, 0.3) is 5.91 Å². The number of aliphatic carboxylic acids is 1. The van der Waals surface area contributed by atoms with Crippen LogP contribution in [0.5, 0.6) is 0 Å². The zero-order valence-corrected chi connectivity index (χ0v) is 21.1. The molecular formula is C30H31FN4O3. The van der Waals surface area contributed by atoms with Gasteiger partial charge in [-0.3, -0.25) is 14.0 Å². The number of carboxylic acid groups (broad SMARTS) is 1. The highest BCUT2D eigenvalue weighted by atomic mass is 19.1. The third-order valence-corrected chi connectivity index (χ3v) is 7.24. The summed E-state index contributed by atoms with van der Waals surface area (Å²) < 4.78 is 15.5. The molecule has 0 spiro atoms. The van der Waals surface area contributed by atoms with Crippen LogP contribution in [-0.4, -0.2) is 32.4 Å². The Hall–Kier alpha value is -4.20. The number of carbonyl (C=O) groups is 2. The fourth-order valence-electron chi connectivity index (χ4n) is 5.26. The molecule has 1 atom stereocenters. The Balaban J connectivity index is 1.45. The molecule has 7 nitrogen and oxygen atoms in total. The van der Waals surface area contributed by atoms with Crippen LogP contribution in [0.2, 0.25) is 0 Å². The molecule has 2 heterocycles. The summed E-state index contributed by atoms with van der Waals surface area (Å²) in [4.78, 5) is 29.5. The molecular weight excluding hydrogens is 483 g/mol. The van der Waals surface area contributed by atoms with Crippen molar-refractivity contribution >= 4 is 23.3 Å². The van der Waals surface area contributed by atoms with Crippen LogP contribution in [0.4, 0.5) is 10.2 Å². The molecule has 0 aliphatic heterocycles. The maximum Gasteiger partial charge on any atom is 0.305 e. The fraction of sp³-hybridized carbons (Fsp3) is 0.300. The highest BCUT2D eigenvalue weighted by Crippen LogP contribution is 2.31. The summed E-state index contributed by atoms with van der Waals surface area (Å²) in [5.41, 5.74) is 3.45. The third kappa shape index (κ3) is 5.85. The van der Waals surface area contributed by atoms with Crippen LogP contribution in [0, 0.1) is 11.7 Å². The van der Waals surface area contributed by atoms with Crippen molar-refractivity contribution in [2.75, 3.05) is 5.32 Å². The monoisotopic (exact) mass is 514 g/mol. The number of fused-ring (bicyclic) bond motifs is 1. The Bertz CT molecular complexity index is 1410. The van der Waals surface area contributed by atoms with Gasteiger partial charge in [-0.2, -0.15) is 0 Å². The molecule has 1 aliphatic rings. The Kier molecular flexibility index (Phi) is 7.67. The molecule has 0 radical (unpaired) electrons. The lowest BCUT2D eigenvalue weighted by molar-refractivity contribution is -0.137. The zero-order valence-electron chi connectivity index (χ0n) is 21.1. The van der Waals surface area contributed by atoms with Gasteiger partial charge in [0.1, 0.15) is 23.0 Å². The highest BCUT2D eigenvalue weighted by molar-refractivity contribution is 5.96. The summed E-state index contributed by atoms with van der Waals surface area (Å²) in [5, 5.41) is 15.9. The number of imidazole rings is 1. The first kappa shape index (κ1) is 25.4. The van der Waals surface area contributed by atoms with Gasteiger partial charge in [0, 0.05) is 29.9 Å². The van der Waals surface area contributed by atoms with Crippen LogP contribution in [0.25, 0.3) is 16.9 Å². The van der Waals surface area contributed by atoms with Gasteiger partial charge >= 0.3 is 5.97 Å². The lowest BCUT2D eigenvalue weighted by Crippen LogP contribution is -2.42. The lowest BCUT2D eigenvalue weighted by Gasteiger charge is -2.30. The summed E-state index contributed by atoms with van der Waals surface area (Å²) in [5.74, 6) is -0.660. The molecule has 38 heavy (non-hydrogen) atoms. The molecule has 196 valence electrons. The smallest absolute Gasteiger partial charge is 0.305 e. The van der Waals surface area contributed by atoms with Gasteiger partial charge in [-0.05, 0) is 60.7 Å². The second-order valence-electron chi connectivity index (χ2n) is 9.87. The average molecular weight is 515 g/mol. The van der Waals surface area contributed by atoms with Crippen LogP contribution < -0.4 is 10.6 Å². The van der Waals surface area contributed by atoms with E-state index in [1.165, 1.54) is 12.1 Å². The van der Waals surface area contributed by atoms with Crippen LogP contribution in [0.3, 0.4) is 0 Å². The summed E-state index contributed by atoms with van der Waals surface area (Å²) >= 11 is 0. The fourth-order valence-corrected chi connectivity index (χ4v) is 5.26. The van der Waals surface area contributed by atoms with Crippen LogP contribution in [0.1, 0.15) is 54.4 Å². The van der Waals surface area contributed by atoms with Gasteiger partial charge in [0.05, 0.1) is 6.42 Å². The predicted octanol–water partition coefficient (Wildman–Crippen LogP) is 5.91. The SMILES string of the molecule is O=C(O)CC(NC(=O)c1ccn2c(NCc3ccccc3)c(-c3ccc(F)cc3)nc2c1)C1CCCCC1. The van der Waals surface area contributed by atoms with E-state index in [4.69, 9.17) is 4.98 Å². The topological polar surface area (TPSA) is 95.7 Å². The molecule has 1 fully saturated rings. The van der Waals surface area contributed by atoms with Gasteiger partial charge in [-0.25, -0.2) is 9.37 Å². The predicted molar refractivity (Wildman–Crippen MR) is 144 cm³/mol. The largest absolute Gasteiger partial charge is 0.481 e. The molecule has 2 aromatic heterocycles. The number of amides is 1. The molecule has 0 bridgehead atoms. The van der Waals surface area contributed by atoms with E-state index in [-0.39, 0.29) is 24.1 Å². The summed E-state index contributed by atoms with van der Waals surface area (Å²) in [6, 6.07) is 19.1. The van der Waals surface area contributed by atoms with Gasteiger partial charge in [0.15, 0.2) is 0 Å². The van der Waals surface area contributed by atoms with Gasteiger partial charge in [0.2, 0.25) is 0 Å². The number of hydrogen-bond acceptors (Lipinski definition) is 4. The van der Waals surface area contributed by atoms with Crippen molar-refractivity contribution in [3.8, 4) is 11.3 Å². The first-order chi connectivity index (χ1) is 18.5. The standard InChI is InChI=1S/C30H31FN4O3/c31-24-13-11-22(12-14-24)28-29(32-19-20-7-3-1-4-8-20)35-16-15-23(17-26(35)34-28)30(38)33-25(18-27(36)37)21-9-5-2-6-10-21/h1,3-4,7-8,11-17,21,25,32H,2,5-6,9-10,18-19H2,(H,33,38)(H,36,37). The van der Waals surface area contributed by atoms with Crippen molar-refractivity contribution in [3.05, 3.63) is 89.9 Å². The van der Waals surface area contributed by atoms with Crippen molar-refractivity contribution in [2.24, 2.45) is 5.92 Å². The second-order valence-corrected chi connectivity index (χ2v) is 9.87. The molecule has 3 N–H and O–H groups in total. The quantitative estimate of drug-likeness (QED) is 0.258. The number of carboxylic acids is 1. The number of nitrogens with zero attached hydrogens (tertiary/aromatic N) is 2. The summed E-state index contributed by atoms with van der Waals surface area (Å²) in [6.45, 7) is 0.559. The normalized spacial score (nSPS) is 14.8. The second kappa shape index (κ2) is 11.5. The average Bonchev–Trinajstić information content (AvgIpc) is 3.30. The minimum atomic E-state index is -0.914. The molecule has 1 amide bonds. The van der Waals surface area contributed by atoms with Crippen molar-refractivity contribution in [2.45, 2.75) is 51.1 Å². The molecule has 5 rings (SSSR count). The van der Waals surface area contributed by atoms with Crippen LogP contribution >= 0.6 is 0 Å². The van der Waals surface area contributed by atoms with E-state index in [0.29, 0.717) is 23.4 Å². The van der Waals surface area contributed by atoms with E-state index >= 15 is 0 Å². The number of aromatic nitrogens is 2. The van der Waals surface area contributed by atoms with Crippen molar-refractivity contribution in [1.82, 2.24) is 14.7 Å². The van der Waals surface area contributed by atoms with Crippen LogP contribution in [-0.2, 0) is 11.3 Å². The van der Waals surface area contributed by atoms with Gasteiger partial charge in [-0.1, -0.05) is 49.6 Å². The molecule has 0 saturated heterocycles. The van der Waals surface area contributed by atoms with E-state index < -0.39 is 12.0 Å². The van der Waals surface area contributed by atoms with Crippen LogP contribution in [0.15, 0.2) is 72.9 Å². The lowest BCUT2D eigenvalue weighted by atomic mass is 9.82. The number of halogens is 1. The number of nitrogens with one attached hydrogen (secondary N) is 2. The van der Waals surface area contributed by atoms with E-state index in [2.05, 4.69) is 10.6 Å². The minimum Gasteiger partial charge on any atom is -0.481 e. The molecule has 1 aliphatic carbocycles. The maximum absolute atomic E-state index is 13.6. The van der Waals surface area contributed by atoms with Crippen molar-refractivity contribution < 1.29 is 19.1 Å². The molecule has 4 aromatic rings. The number of hydrogen-bond donors (Lipinski definition) is 3. The van der Waals surface area contributed by atoms with Crippen molar-refractivity contribution in [1.29, 1.82) is 0 Å². The number of carbonyl (C=O) groups excluding carboxylic acids is 1. The molecule has 8 heteroatoms. The van der Waals surface area contributed by atoms with E-state index in [0.717, 1.165) is 49.0 Å². The van der Waals surface area contributed by atoms with Gasteiger partial charge in [-0.15, -0.1) is 0 Å². The summed E-state index contributed by atoms with van der Waals surface area (Å²) in [6.07, 6.45) is 6.81. The molecule has 2 aromatic carbocycles. The third-order valence-electron chi connectivity index (χ3n) is 7.24. The van der Waals surface area contributed by atoms with E-state index in [1.54, 1.807) is 30.5 Å². The zero-order chi connectivity index (χ0) is 26.5. The Labute approximate surface area is 220 Å². The first-order valence-corrected chi connectivity index (χ1v) is 13.1.